The standard InChI is InChI=1S/C42H50O9Si2/c1-47-35-17-9-31(10-18-35)39(43)29-41(45)33-13-21-37(22-14-33)49-25-7-27-52(3,4)51-53(5,6)28-8-26-50-38-23-15-34(16-24-38)42(46)30-40(44)32-11-19-36(48-2)20-12-32/h9-24,29-30,43-44H,7-8,25-28H2,1-6H3/b39-29-,40-30-. The van der Waals surface area contributed by atoms with E-state index in [4.69, 9.17) is 23.1 Å². The Morgan fingerprint density at radius 2 is 0.811 bits per heavy atom. The first kappa shape index (κ1) is 40.7. The van der Waals surface area contributed by atoms with Crippen LogP contribution in [-0.4, -0.2) is 65.8 Å². The summed E-state index contributed by atoms with van der Waals surface area (Å²) in [5.41, 5.74) is 1.97. The van der Waals surface area contributed by atoms with E-state index in [9.17, 15) is 19.8 Å². The molecule has 0 aliphatic rings. The Balaban J connectivity index is 1.14. The number of methoxy groups -OCH3 is 2. The van der Waals surface area contributed by atoms with Gasteiger partial charge in [0.05, 0.1) is 27.4 Å². The summed E-state index contributed by atoms with van der Waals surface area (Å²) < 4.78 is 29.0. The number of carbonyl (C=O) groups is 2. The van der Waals surface area contributed by atoms with Gasteiger partial charge in [0.25, 0.3) is 0 Å². The molecular weight excluding hydrogens is 705 g/mol. The zero-order valence-electron chi connectivity index (χ0n) is 31.4. The monoisotopic (exact) mass is 754 g/mol. The molecule has 0 heterocycles. The molecule has 0 amide bonds. The molecule has 0 unspecified atom stereocenters. The van der Waals surface area contributed by atoms with E-state index in [0.717, 1.165) is 24.9 Å². The number of hydrogen-bond donors (Lipinski definition) is 2. The second kappa shape index (κ2) is 19.1. The van der Waals surface area contributed by atoms with Crippen LogP contribution in [0.2, 0.25) is 38.3 Å². The van der Waals surface area contributed by atoms with Crippen LogP contribution in [0.4, 0.5) is 0 Å². The molecule has 4 rings (SSSR count). The van der Waals surface area contributed by atoms with Crippen molar-refractivity contribution in [3.05, 3.63) is 131 Å². The first-order chi connectivity index (χ1) is 25.3. The van der Waals surface area contributed by atoms with Crippen molar-refractivity contribution in [1.82, 2.24) is 0 Å². The third-order valence-corrected chi connectivity index (χ3v) is 16.1. The molecule has 4 aromatic rings. The van der Waals surface area contributed by atoms with Gasteiger partial charge in [-0.3, -0.25) is 9.59 Å². The highest BCUT2D eigenvalue weighted by Gasteiger charge is 2.32. The molecule has 0 aliphatic heterocycles. The topological polar surface area (TPSA) is 121 Å². The maximum atomic E-state index is 12.7. The van der Waals surface area contributed by atoms with Gasteiger partial charge in [-0.15, -0.1) is 0 Å². The fourth-order valence-corrected chi connectivity index (χ4v) is 14.6. The van der Waals surface area contributed by atoms with Crippen LogP contribution in [0.15, 0.2) is 109 Å². The van der Waals surface area contributed by atoms with Crippen LogP contribution in [0.5, 0.6) is 23.0 Å². The number of ketones is 2. The fourth-order valence-electron chi connectivity index (χ4n) is 5.76. The molecule has 0 bridgehead atoms. The van der Waals surface area contributed by atoms with Crippen molar-refractivity contribution in [3.63, 3.8) is 0 Å². The molecule has 0 radical (unpaired) electrons. The van der Waals surface area contributed by atoms with Crippen LogP contribution in [0.25, 0.3) is 11.5 Å². The third kappa shape index (κ3) is 13.1. The van der Waals surface area contributed by atoms with Crippen LogP contribution in [0.1, 0.15) is 44.7 Å². The number of rotatable bonds is 20. The first-order valence-corrected chi connectivity index (χ1v) is 23.9. The number of aliphatic hydroxyl groups excluding tert-OH is 2. The highest BCUT2D eigenvalue weighted by molar-refractivity contribution is 6.84. The van der Waals surface area contributed by atoms with Crippen LogP contribution < -0.4 is 18.9 Å². The van der Waals surface area contributed by atoms with Gasteiger partial charge in [0, 0.05) is 34.4 Å². The van der Waals surface area contributed by atoms with Gasteiger partial charge in [0.1, 0.15) is 34.5 Å². The van der Waals surface area contributed by atoms with Crippen molar-refractivity contribution in [2.45, 2.75) is 51.1 Å². The summed E-state index contributed by atoms with van der Waals surface area (Å²) >= 11 is 0. The molecule has 0 atom stereocenters. The van der Waals surface area contributed by atoms with E-state index in [1.165, 1.54) is 12.2 Å². The van der Waals surface area contributed by atoms with Gasteiger partial charge < -0.3 is 33.3 Å². The predicted molar refractivity (Wildman–Crippen MR) is 215 cm³/mol. The summed E-state index contributed by atoms with van der Waals surface area (Å²) in [5.74, 6) is 1.89. The minimum atomic E-state index is -1.93. The molecule has 0 fully saturated rings. The third-order valence-electron chi connectivity index (χ3n) is 8.52. The lowest BCUT2D eigenvalue weighted by molar-refractivity contribution is 0.103. The Bertz CT molecular complexity index is 1710. The molecule has 2 N–H and O–H groups in total. The summed E-state index contributed by atoms with van der Waals surface area (Å²) in [6.07, 6.45) is 4.15. The Morgan fingerprint density at radius 3 is 1.13 bits per heavy atom. The van der Waals surface area contributed by atoms with Gasteiger partial charge in [-0.1, -0.05) is 0 Å². The number of benzene rings is 4. The molecule has 0 saturated heterocycles. The van der Waals surface area contributed by atoms with Crippen molar-refractivity contribution >= 4 is 39.7 Å². The largest absolute Gasteiger partial charge is 0.507 e. The molecule has 9 nitrogen and oxygen atoms in total. The summed E-state index contributed by atoms with van der Waals surface area (Å²) in [5, 5.41) is 20.7. The average molecular weight is 755 g/mol. The van der Waals surface area contributed by atoms with E-state index in [2.05, 4.69) is 26.2 Å². The van der Waals surface area contributed by atoms with Crippen LogP contribution in [0, 0.1) is 0 Å². The van der Waals surface area contributed by atoms with E-state index < -0.39 is 16.6 Å². The van der Waals surface area contributed by atoms with E-state index in [1.807, 2.05) is 0 Å². The van der Waals surface area contributed by atoms with Gasteiger partial charge in [-0.2, -0.15) is 0 Å². The molecule has 0 aliphatic carbocycles. The molecule has 0 spiro atoms. The van der Waals surface area contributed by atoms with Gasteiger partial charge >= 0.3 is 0 Å². The lowest BCUT2D eigenvalue weighted by Gasteiger charge is -2.34. The quantitative estimate of drug-likeness (QED) is 0.0299. The van der Waals surface area contributed by atoms with Gasteiger partial charge in [-0.05, 0) is 148 Å². The molecule has 11 heteroatoms. The summed E-state index contributed by atoms with van der Waals surface area (Å²) in [7, 11) is -0.723. The number of carbonyl (C=O) groups excluding carboxylic acids is 2. The van der Waals surface area contributed by atoms with Crippen molar-refractivity contribution in [1.29, 1.82) is 0 Å². The number of aliphatic hydroxyl groups is 2. The lowest BCUT2D eigenvalue weighted by atomic mass is 10.1. The lowest BCUT2D eigenvalue weighted by Crippen LogP contribution is -2.44. The van der Waals surface area contributed by atoms with E-state index in [-0.39, 0.29) is 23.1 Å². The van der Waals surface area contributed by atoms with Gasteiger partial charge in [0.15, 0.2) is 28.2 Å². The predicted octanol–water partition coefficient (Wildman–Crippen LogP) is 9.93. The summed E-state index contributed by atoms with van der Waals surface area (Å²) in [6.45, 7) is 10.1. The second-order valence-corrected chi connectivity index (χ2v) is 22.7. The Kier molecular flexibility index (Phi) is 14.7. The molecule has 280 valence electrons. The Hall–Kier alpha value is -5.11. The van der Waals surface area contributed by atoms with Crippen LogP contribution in [-0.2, 0) is 4.12 Å². The summed E-state index contributed by atoms with van der Waals surface area (Å²) in [4.78, 5) is 25.3. The SMILES string of the molecule is COc1ccc(/C(O)=C/C(=O)c2ccc(OCCC[Si](C)(C)O[Si](C)(C)CCCOc3ccc(C(=O)/C=C(\O)c4ccc(OC)cc4)cc3)cc2)cc1. The highest BCUT2D eigenvalue weighted by atomic mass is 28.4. The van der Waals surface area contributed by atoms with Crippen molar-refractivity contribution < 1.29 is 42.9 Å². The number of hydrogen-bond acceptors (Lipinski definition) is 9. The molecule has 4 aromatic carbocycles. The van der Waals surface area contributed by atoms with Crippen molar-refractivity contribution in [3.8, 4) is 23.0 Å². The minimum absolute atomic E-state index is 0.109. The molecule has 53 heavy (non-hydrogen) atoms. The van der Waals surface area contributed by atoms with Crippen LogP contribution >= 0.6 is 0 Å². The first-order valence-electron chi connectivity index (χ1n) is 17.6. The second-order valence-electron chi connectivity index (χ2n) is 13.8. The molecular formula is C42H50O9Si2. The minimum Gasteiger partial charge on any atom is -0.507 e. The summed E-state index contributed by atoms with van der Waals surface area (Å²) in [6, 6.07) is 29.4. The van der Waals surface area contributed by atoms with E-state index >= 15 is 0 Å². The fraction of sp³-hybridized carbons (Fsp3) is 0.286. The van der Waals surface area contributed by atoms with E-state index in [1.54, 1.807) is 111 Å². The number of ether oxygens (including phenoxy) is 4. The van der Waals surface area contributed by atoms with Crippen molar-refractivity contribution in [2.75, 3.05) is 27.4 Å². The normalized spacial score (nSPS) is 12.3. The smallest absolute Gasteiger partial charge is 0.189 e. The number of allylic oxidation sites excluding steroid dienone is 2. The van der Waals surface area contributed by atoms with Crippen molar-refractivity contribution in [2.24, 2.45) is 0 Å². The Labute approximate surface area is 314 Å². The van der Waals surface area contributed by atoms with Crippen LogP contribution in [0.3, 0.4) is 0 Å². The van der Waals surface area contributed by atoms with Gasteiger partial charge in [0.2, 0.25) is 0 Å². The zero-order valence-corrected chi connectivity index (χ0v) is 33.4. The molecule has 0 aromatic heterocycles. The van der Waals surface area contributed by atoms with Gasteiger partial charge in [-0.25, -0.2) is 0 Å². The average Bonchev–Trinajstić information content (AvgIpc) is 3.15. The highest BCUT2D eigenvalue weighted by Crippen LogP contribution is 2.25. The maximum absolute atomic E-state index is 12.7. The van der Waals surface area contributed by atoms with E-state index in [0.29, 0.717) is 58.5 Å². The maximum Gasteiger partial charge on any atom is 0.189 e. The zero-order chi connectivity index (χ0) is 38.4. The molecule has 0 saturated carbocycles. The Morgan fingerprint density at radius 1 is 0.509 bits per heavy atom.